The van der Waals surface area contributed by atoms with E-state index in [4.69, 9.17) is 0 Å². The van der Waals surface area contributed by atoms with Crippen LogP contribution in [0, 0.1) is 0 Å². The molecule has 0 atom stereocenters. The molecule has 114 valence electrons. The van der Waals surface area contributed by atoms with Crippen LogP contribution in [0.25, 0.3) is 5.57 Å². The Morgan fingerprint density at radius 2 is 1.77 bits per heavy atom. The van der Waals surface area contributed by atoms with E-state index in [0.29, 0.717) is 5.69 Å². The lowest BCUT2D eigenvalue weighted by Gasteiger charge is -2.09. The summed E-state index contributed by atoms with van der Waals surface area (Å²) in [4.78, 5) is 0.251. The molecule has 2 aromatic rings. The highest BCUT2D eigenvalue weighted by molar-refractivity contribution is 7.92. The lowest BCUT2D eigenvalue weighted by Crippen LogP contribution is -2.12. The number of hydrogen-bond donors (Lipinski definition) is 1. The van der Waals surface area contributed by atoms with Gasteiger partial charge in [-0.05, 0) is 49.2 Å². The summed E-state index contributed by atoms with van der Waals surface area (Å²) < 4.78 is 27.2. The molecule has 0 amide bonds. The van der Waals surface area contributed by atoms with E-state index in [1.165, 1.54) is 0 Å². The quantitative estimate of drug-likeness (QED) is 0.828. The van der Waals surface area contributed by atoms with E-state index in [0.717, 1.165) is 11.1 Å². The van der Waals surface area contributed by atoms with Crippen molar-refractivity contribution in [1.82, 2.24) is 0 Å². The predicted octanol–water partition coefficient (Wildman–Crippen LogP) is 4.47. The first-order valence-electron chi connectivity index (χ1n) is 7.01. The van der Waals surface area contributed by atoms with Gasteiger partial charge in [0.1, 0.15) is 0 Å². The van der Waals surface area contributed by atoms with E-state index in [9.17, 15) is 8.42 Å². The third-order valence-corrected chi connectivity index (χ3v) is 4.56. The molecule has 0 aliphatic rings. The largest absolute Gasteiger partial charge is 0.280 e. The number of anilines is 1. The van der Waals surface area contributed by atoms with Crippen LogP contribution in [-0.4, -0.2) is 8.42 Å². The lowest BCUT2D eigenvalue weighted by atomic mass is 10.1. The van der Waals surface area contributed by atoms with Gasteiger partial charge in [0.15, 0.2) is 0 Å². The number of allylic oxidation sites excluding steroid dienone is 4. The third-order valence-electron chi connectivity index (χ3n) is 3.16. The van der Waals surface area contributed by atoms with Gasteiger partial charge >= 0.3 is 0 Å². The second kappa shape index (κ2) is 7.09. The lowest BCUT2D eigenvalue weighted by molar-refractivity contribution is 0.601. The van der Waals surface area contributed by atoms with E-state index in [-0.39, 0.29) is 4.90 Å². The first-order valence-corrected chi connectivity index (χ1v) is 8.49. The second-order valence-corrected chi connectivity index (χ2v) is 6.56. The zero-order valence-electron chi connectivity index (χ0n) is 12.7. The van der Waals surface area contributed by atoms with Crippen molar-refractivity contribution < 1.29 is 8.42 Å². The van der Waals surface area contributed by atoms with Crippen molar-refractivity contribution in [3.8, 4) is 0 Å². The van der Waals surface area contributed by atoms with Crippen LogP contribution in [0.5, 0.6) is 0 Å². The zero-order chi connectivity index (χ0) is 16.0. The Kier molecular flexibility index (Phi) is 5.17. The summed E-state index contributed by atoms with van der Waals surface area (Å²) in [5, 5.41) is 0. The highest BCUT2D eigenvalue weighted by Crippen LogP contribution is 2.21. The van der Waals surface area contributed by atoms with Crippen molar-refractivity contribution in [2.24, 2.45) is 0 Å². The van der Waals surface area contributed by atoms with Gasteiger partial charge in [-0.25, -0.2) is 8.42 Å². The summed E-state index contributed by atoms with van der Waals surface area (Å²) in [5.74, 6) is 0. The molecular formula is C18H19NO2S. The normalized spacial score (nSPS) is 12.5. The van der Waals surface area contributed by atoms with Gasteiger partial charge in [-0.1, -0.05) is 48.6 Å². The first kappa shape index (κ1) is 16.0. The zero-order valence-corrected chi connectivity index (χ0v) is 13.5. The van der Waals surface area contributed by atoms with Gasteiger partial charge in [-0.2, -0.15) is 0 Å². The van der Waals surface area contributed by atoms with Crippen molar-refractivity contribution in [3.63, 3.8) is 0 Å². The second-order valence-electron chi connectivity index (χ2n) is 4.87. The molecule has 0 aromatic heterocycles. The molecule has 3 nitrogen and oxygen atoms in total. The number of benzene rings is 2. The summed E-state index contributed by atoms with van der Waals surface area (Å²) >= 11 is 0. The topological polar surface area (TPSA) is 46.2 Å². The SMILES string of the molecule is C/C=C\C=C(/C)c1cccc(NS(=O)(=O)c2ccccc2)c1. The highest BCUT2D eigenvalue weighted by atomic mass is 32.2. The van der Waals surface area contributed by atoms with Gasteiger partial charge in [-0.15, -0.1) is 0 Å². The van der Waals surface area contributed by atoms with Gasteiger partial charge in [0.25, 0.3) is 10.0 Å². The van der Waals surface area contributed by atoms with Crippen LogP contribution in [0.15, 0.2) is 77.7 Å². The van der Waals surface area contributed by atoms with Gasteiger partial charge in [0.05, 0.1) is 4.90 Å². The Morgan fingerprint density at radius 1 is 1.05 bits per heavy atom. The van der Waals surface area contributed by atoms with Crippen LogP contribution >= 0.6 is 0 Å². The van der Waals surface area contributed by atoms with E-state index >= 15 is 0 Å². The molecule has 0 unspecified atom stereocenters. The molecule has 0 saturated carbocycles. The van der Waals surface area contributed by atoms with Crippen molar-refractivity contribution in [2.75, 3.05) is 4.72 Å². The predicted molar refractivity (Wildman–Crippen MR) is 92.2 cm³/mol. The molecule has 2 aromatic carbocycles. The molecule has 0 saturated heterocycles. The van der Waals surface area contributed by atoms with Crippen LogP contribution in [0.2, 0.25) is 0 Å². The minimum Gasteiger partial charge on any atom is -0.280 e. The first-order chi connectivity index (χ1) is 10.5. The van der Waals surface area contributed by atoms with Crippen LogP contribution in [0.3, 0.4) is 0 Å². The Hall–Kier alpha value is -2.33. The molecule has 4 heteroatoms. The molecule has 0 fully saturated rings. The number of hydrogen-bond acceptors (Lipinski definition) is 2. The van der Waals surface area contributed by atoms with Crippen molar-refractivity contribution in [1.29, 1.82) is 0 Å². The van der Waals surface area contributed by atoms with Crippen molar-refractivity contribution in [3.05, 3.63) is 78.4 Å². The molecule has 22 heavy (non-hydrogen) atoms. The Balaban J connectivity index is 2.28. The maximum atomic E-state index is 12.3. The van der Waals surface area contributed by atoms with E-state index in [2.05, 4.69) is 4.72 Å². The minimum atomic E-state index is -3.56. The molecule has 0 aliphatic heterocycles. The third kappa shape index (κ3) is 4.09. The van der Waals surface area contributed by atoms with Crippen LogP contribution in [-0.2, 0) is 10.0 Å². The Morgan fingerprint density at radius 3 is 2.45 bits per heavy atom. The van der Waals surface area contributed by atoms with Crippen LogP contribution < -0.4 is 4.72 Å². The summed E-state index contributed by atoms with van der Waals surface area (Å²) in [7, 11) is -3.56. The highest BCUT2D eigenvalue weighted by Gasteiger charge is 2.13. The fraction of sp³-hybridized carbons (Fsp3) is 0.111. The van der Waals surface area contributed by atoms with E-state index in [1.807, 2.05) is 50.3 Å². The summed E-state index contributed by atoms with van der Waals surface area (Å²) in [6.07, 6.45) is 5.90. The maximum Gasteiger partial charge on any atom is 0.261 e. The molecule has 0 bridgehead atoms. The van der Waals surface area contributed by atoms with Crippen molar-refractivity contribution >= 4 is 21.3 Å². The Bertz CT molecular complexity index is 791. The van der Waals surface area contributed by atoms with E-state index < -0.39 is 10.0 Å². The van der Waals surface area contributed by atoms with Gasteiger partial charge < -0.3 is 0 Å². The average Bonchev–Trinajstić information content (AvgIpc) is 2.53. The van der Waals surface area contributed by atoms with Crippen molar-refractivity contribution in [2.45, 2.75) is 18.7 Å². The average molecular weight is 313 g/mol. The maximum absolute atomic E-state index is 12.3. The molecule has 0 radical (unpaired) electrons. The van der Waals surface area contributed by atoms with Gasteiger partial charge in [0.2, 0.25) is 0 Å². The fourth-order valence-corrected chi connectivity index (χ4v) is 3.05. The Labute approximate surface area is 132 Å². The molecule has 0 aliphatic carbocycles. The number of rotatable bonds is 5. The summed E-state index contributed by atoms with van der Waals surface area (Å²) in [6, 6.07) is 15.7. The van der Waals surface area contributed by atoms with Gasteiger partial charge in [-0.3, -0.25) is 4.72 Å². The molecule has 0 heterocycles. The van der Waals surface area contributed by atoms with Crippen LogP contribution in [0.4, 0.5) is 5.69 Å². The molecule has 2 rings (SSSR count). The number of sulfonamides is 1. The number of nitrogens with one attached hydrogen (secondary N) is 1. The summed E-state index contributed by atoms with van der Waals surface area (Å²) in [6.45, 7) is 3.94. The molecule has 1 N–H and O–H groups in total. The monoisotopic (exact) mass is 313 g/mol. The smallest absolute Gasteiger partial charge is 0.261 e. The minimum absolute atomic E-state index is 0.251. The summed E-state index contributed by atoms with van der Waals surface area (Å²) in [5.41, 5.74) is 2.60. The van der Waals surface area contributed by atoms with Crippen LogP contribution in [0.1, 0.15) is 19.4 Å². The standard InChI is InChI=1S/C18H19NO2S/c1-3-4-9-15(2)16-10-8-11-17(14-16)19-22(20,21)18-12-6-5-7-13-18/h3-14,19H,1-2H3/b4-3-,15-9+. The molecule has 0 spiro atoms. The van der Waals surface area contributed by atoms with Gasteiger partial charge in [0, 0.05) is 5.69 Å². The molecular weight excluding hydrogens is 294 g/mol. The van der Waals surface area contributed by atoms with E-state index in [1.54, 1.807) is 36.4 Å². The fourth-order valence-electron chi connectivity index (χ4n) is 1.98.